The molecule has 168 valence electrons. The van der Waals surface area contributed by atoms with E-state index in [2.05, 4.69) is 22.3 Å². The Morgan fingerprint density at radius 3 is 2.64 bits per heavy atom. The molecule has 0 atom stereocenters. The van der Waals surface area contributed by atoms with Crippen molar-refractivity contribution in [2.45, 2.75) is 20.0 Å². The van der Waals surface area contributed by atoms with Crippen LogP contribution in [0.25, 0.3) is 17.3 Å². The van der Waals surface area contributed by atoms with Gasteiger partial charge in [-0.3, -0.25) is 9.48 Å². The summed E-state index contributed by atoms with van der Waals surface area (Å²) in [6.07, 6.45) is 5.72. The van der Waals surface area contributed by atoms with Gasteiger partial charge in [0.1, 0.15) is 18.2 Å². The molecule has 0 saturated carbocycles. The van der Waals surface area contributed by atoms with E-state index in [1.54, 1.807) is 71.7 Å². The molecular formula is C25H23FN4O2S. The van der Waals surface area contributed by atoms with Crippen molar-refractivity contribution < 1.29 is 13.9 Å². The van der Waals surface area contributed by atoms with Crippen molar-refractivity contribution >= 4 is 29.0 Å². The number of aromatic nitrogens is 3. The fourth-order valence-corrected chi connectivity index (χ4v) is 3.99. The first-order valence-electron chi connectivity index (χ1n) is 10.4. The number of aryl methyl sites for hydroxylation is 2. The minimum absolute atomic E-state index is 0.271. The number of hydrogen-bond acceptors (Lipinski definition) is 5. The van der Waals surface area contributed by atoms with Crippen molar-refractivity contribution in [1.82, 2.24) is 14.8 Å². The zero-order valence-electron chi connectivity index (χ0n) is 18.3. The number of amides is 1. The summed E-state index contributed by atoms with van der Waals surface area (Å²) < 4.78 is 20.7. The zero-order valence-corrected chi connectivity index (χ0v) is 19.1. The van der Waals surface area contributed by atoms with Crippen LogP contribution in [-0.4, -0.2) is 20.7 Å². The average molecular weight is 463 g/mol. The smallest absolute Gasteiger partial charge is 0.248 e. The van der Waals surface area contributed by atoms with Crippen LogP contribution in [0.4, 0.5) is 10.1 Å². The molecule has 2 heterocycles. The Kier molecular flexibility index (Phi) is 6.95. The lowest BCUT2D eigenvalue weighted by Crippen LogP contribution is -2.07. The molecule has 0 unspecified atom stereocenters. The van der Waals surface area contributed by atoms with E-state index in [0.717, 1.165) is 33.9 Å². The van der Waals surface area contributed by atoms with E-state index in [-0.39, 0.29) is 11.7 Å². The highest BCUT2D eigenvalue weighted by Gasteiger charge is 2.10. The Hall–Kier alpha value is -3.78. The normalized spacial score (nSPS) is 11.1. The molecule has 0 radical (unpaired) electrons. The third-order valence-electron chi connectivity index (χ3n) is 4.91. The number of anilines is 1. The average Bonchev–Trinajstić information content (AvgIpc) is 3.44. The Morgan fingerprint density at radius 1 is 1.18 bits per heavy atom. The second kappa shape index (κ2) is 10.2. The number of nitrogens with zero attached hydrogens (tertiary/aromatic N) is 3. The monoisotopic (exact) mass is 462 g/mol. The molecule has 0 spiro atoms. The molecule has 6 nitrogen and oxygen atoms in total. The van der Waals surface area contributed by atoms with E-state index in [0.29, 0.717) is 18.0 Å². The second-order valence-electron chi connectivity index (χ2n) is 7.30. The number of carbonyl (C=O) groups excluding carboxylic acids is 1. The van der Waals surface area contributed by atoms with Crippen molar-refractivity contribution in [1.29, 1.82) is 0 Å². The van der Waals surface area contributed by atoms with Gasteiger partial charge >= 0.3 is 0 Å². The van der Waals surface area contributed by atoms with E-state index in [1.807, 2.05) is 5.38 Å². The number of rotatable bonds is 8. The fourth-order valence-electron chi connectivity index (χ4n) is 3.26. The van der Waals surface area contributed by atoms with Gasteiger partial charge in [0.2, 0.25) is 5.91 Å². The molecular weight excluding hydrogens is 439 g/mol. The minimum Gasteiger partial charge on any atom is -0.487 e. The Morgan fingerprint density at radius 2 is 1.94 bits per heavy atom. The van der Waals surface area contributed by atoms with Gasteiger partial charge in [0.15, 0.2) is 0 Å². The molecule has 1 N–H and O–H groups in total. The maximum atomic E-state index is 13.3. The third kappa shape index (κ3) is 5.72. The molecule has 0 aliphatic carbocycles. The van der Waals surface area contributed by atoms with Crippen LogP contribution >= 0.6 is 11.3 Å². The third-order valence-corrected chi connectivity index (χ3v) is 5.95. The fraction of sp³-hybridized carbons (Fsp3) is 0.160. The van der Waals surface area contributed by atoms with Crippen LogP contribution in [-0.2, 0) is 24.9 Å². The predicted octanol–water partition coefficient (Wildman–Crippen LogP) is 5.48. The minimum atomic E-state index is -0.303. The lowest BCUT2D eigenvalue weighted by molar-refractivity contribution is -0.111. The summed E-state index contributed by atoms with van der Waals surface area (Å²) in [5, 5.41) is 10.2. The number of nitrogens with one attached hydrogen (secondary N) is 1. The highest BCUT2D eigenvalue weighted by atomic mass is 32.1. The van der Waals surface area contributed by atoms with Crippen molar-refractivity contribution in [3.05, 3.63) is 88.3 Å². The summed E-state index contributed by atoms with van der Waals surface area (Å²) in [4.78, 5) is 16.9. The number of hydrogen-bond donors (Lipinski definition) is 1. The van der Waals surface area contributed by atoms with Gasteiger partial charge in [-0.25, -0.2) is 9.37 Å². The van der Waals surface area contributed by atoms with Gasteiger partial charge in [0, 0.05) is 35.3 Å². The lowest BCUT2D eigenvalue weighted by Gasteiger charge is -2.07. The molecule has 1 amide bonds. The van der Waals surface area contributed by atoms with Gasteiger partial charge in [0.05, 0.1) is 22.6 Å². The molecule has 4 rings (SSSR count). The first kappa shape index (κ1) is 22.4. The predicted molar refractivity (Wildman–Crippen MR) is 129 cm³/mol. The van der Waals surface area contributed by atoms with Crippen molar-refractivity contribution in [2.75, 3.05) is 5.32 Å². The van der Waals surface area contributed by atoms with Gasteiger partial charge in [-0.15, -0.1) is 11.3 Å². The van der Waals surface area contributed by atoms with Crippen LogP contribution in [0.2, 0.25) is 0 Å². The highest BCUT2D eigenvalue weighted by molar-refractivity contribution is 7.09. The number of thiazole rings is 1. The molecule has 33 heavy (non-hydrogen) atoms. The van der Waals surface area contributed by atoms with Crippen LogP contribution in [0.15, 0.2) is 66.2 Å². The maximum Gasteiger partial charge on any atom is 0.248 e. The van der Waals surface area contributed by atoms with E-state index in [9.17, 15) is 9.18 Å². The first-order chi connectivity index (χ1) is 16.0. The Bertz CT molecular complexity index is 1260. The molecule has 4 aromatic rings. The summed E-state index contributed by atoms with van der Waals surface area (Å²) >= 11 is 1.63. The molecule has 8 heteroatoms. The molecule has 2 aromatic heterocycles. The molecule has 0 bridgehead atoms. The number of halogens is 1. The Balaban J connectivity index is 1.36. The summed E-state index contributed by atoms with van der Waals surface area (Å²) in [6, 6.07) is 13.3. The summed E-state index contributed by atoms with van der Waals surface area (Å²) in [5.74, 6) is 0.128. The van der Waals surface area contributed by atoms with E-state index in [4.69, 9.17) is 4.74 Å². The quantitative estimate of drug-likeness (QED) is 0.352. The number of ether oxygens (including phenoxy) is 1. The lowest BCUT2D eigenvalue weighted by atomic mass is 10.1. The topological polar surface area (TPSA) is 69.0 Å². The van der Waals surface area contributed by atoms with Crippen molar-refractivity contribution in [3.63, 3.8) is 0 Å². The van der Waals surface area contributed by atoms with Crippen LogP contribution in [0.5, 0.6) is 5.75 Å². The van der Waals surface area contributed by atoms with Crippen LogP contribution in [0.3, 0.4) is 0 Å². The number of carbonyl (C=O) groups is 1. The molecule has 0 saturated heterocycles. The van der Waals surface area contributed by atoms with Crippen LogP contribution < -0.4 is 10.1 Å². The zero-order chi connectivity index (χ0) is 23.2. The van der Waals surface area contributed by atoms with Crippen LogP contribution in [0, 0.1) is 5.82 Å². The van der Waals surface area contributed by atoms with Crippen molar-refractivity contribution in [3.8, 4) is 17.0 Å². The molecule has 0 fully saturated rings. The first-order valence-corrected chi connectivity index (χ1v) is 11.3. The molecule has 0 aliphatic heterocycles. The van der Waals surface area contributed by atoms with Gasteiger partial charge in [-0.05, 0) is 61.0 Å². The molecule has 0 aliphatic rings. The van der Waals surface area contributed by atoms with Gasteiger partial charge in [0.25, 0.3) is 0 Å². The van der Waals surface area contributed by atoms with E-state index in [1.165, 1.54) is 18.2 Å². The maximum absolute atomic E-state index is 13.3. The van der Waals surface area contributed by atoms with Gasteiger partial charge in [-0.2, -0.15) is 5.10 Å². The molecule has 2 aromatic carbocycles. The van der Waals surface area contributed by atoms with E-state index < -0.39 is 0 Å². The standard InChI is InChI=1S/C25H23FN4O2S/c1-3-24-29-21(16-33-24)15-32-22-11-9-20(10-12-22)28-23(31)13-6-18-14-27-30(2)25(18)17-4-7-19(26)8-5-17/h4-14,16H,3,15H2,1-2H3,(H,28,31)/b13-6+. The second-order valence-corrected chi connectivity index (χ2v) is 8.24. The van der Waals surface area contributed by atoms with Gasteiger partial charge < -0.3 is 10.1 Å². The van der Waals surface area contributed by atoms with Crippen LogP contribution in [0.1, 0.15) is 23.2 Å². The number of benzene rings is 2. The summed E-state index contributed by atoms with van der Waals surface area (Å²) in [7, 11) is 1.80. The summed E-state index contributed by atoms with van der Waals surface area (Å²) in [6.45, 7) is 2.49. The highest BCUT2D eigenvalue weighted by Crippen LogP contribution is 2.24. The summed E-state index contributed by atoms with van der Waals surface area (Å²) in [5.41, 5.74) is 3.94. The van der Waals surface area contributed by atoms with Crippen molar-refractivity contribution in [2.24, 2.45) is 7.05 Å². The van der Waals surface area contributed by atoms with Gasteiger partial charge in [-0.1, -0.05) is 6.92 Å². The largest absolute Gasteiger partial charge is 0.487 e. The SMILES string of the molecule is CCc1nc(COc2ccc(NC(=O)/C=C/c3cnn(C)c3-c3ccc(F)cc3)cc2)cs1. The Labute approximate surface area is 195 Å². The van der Waals surface area contributed by atoms with E-state index >= 15 is 0 Å².